The van der Waals surface area contributed by atoms with Gasteiger partial charge in [0.2, 0.25) is 15.9 Å². The van der Waals surface area contributed by atoms with Crippen LogP contribution in [0, 0.1) is 0 Å². The van der Waals surface area contributed by atoms with Crippen LogP contribution in [0.2, 0.25) is 5.02 Å². The number of phenolic OH excluding ortho intramolecular Hbond substituents is 1. The summed E-state index contributed by atoms with van der Waals surface area (Å²) >= 11 is 11.0. The van der Waals surface area contributed by atoms with Crippen molar-refractivity contribution in [1.29, 1.82) is 0 Å². The van der Waals surface area contributed by atoms with E-state index in [1.54, 1.807) is 12.1 Å². The van der Waals surface area contributed by atoms with Gasteiger partial charge >= 0.3 is 5.97 Å². The van der Waals surface area contributed by atoms with Crippen LogP contribution in [0.1, 0.15) is 36.0 Å². The molecule has 0 bridgehead atoms. The Bertz CT molecular complexity index is 1290. The number of aromatic hydroxyl groups is 1. The highest BCUT2D eigenvalue weighted by molar-refractivity contribution is 7.89. The number of rotatable bonds is 13. The number of hydrogen-bond donors (Lipinski definition) is 7. The predicted molar refractivity (Wildman–Crippen MR) is 146 cm³/mol. The lowest BCUT2D eigenvalue weighted by Crippen LogP contribution is -2.44. The van der Waals surface area contributed by atoms with Crippen molar-refractivity contribution < 1.29 is 33.0 Å². The van der Waals surface area contributed by atoms with E-state index in [-0.39, 0.29) is 35.7 Å². The Kier molecular flexibility index (Phi) is 11.7. The van der Waals surface area contributed by atoms with Gasteiger partial charge in [-0.05, 0) is 61.8 Å². The van der Waals surface area contributed by atoms with E-state index in [9.17, 15) is 27.9 Å². The molecule has 2 amide bonds. The summed E-state index contributed by atoms with van der Waals surface area (Å²) in [4.78, 5) is 36.0. The third kappa shape index (κ3) is 10.5. The molecule has 15 heteroatoms. The van der Waals surface area contributed by atoms with E-state index in [1.807, 2.05) is 0 Å². The van der Waals surface area contributed by atoms with Gasteiger partial charge in [-0.15, -0.1) is 0 Å². The molecule has 0 saturated heterocycles. The third-order valence-corrected chi connectivity index (χ3v) is 6.75. The number of unbranched alkanes of at least 4 members (excludes halogenated alkanes) is 1. The zero-order valence-electron chi connectivity index (χ0n) is 20.1. The van der Waals surface area contributed by atoms with E-state index in [4.69, 9.17) is 34.1 Å². The molecule has 0 spiro atoms. The number of amides is 2. The number of nitrogens with two attached hydrogens (primary N) is 1. The van der Waals surface area contributed by atoms with Gasteiger partial charge in [0, 0.05) is 30.4 Å². The molecule has 0 aliphatic carbocycles. The fourth-order valence-electron chi connectivity index (χ4n) is 3.21. The molecule has 8 N–H and O–H groups in total. The Hall–Kier alpha value is -3.46. The minimum Gasteiger partial charge on any atom is -0.508 e. The molecule has 2 rings (SSSR count). The molecule has 0 aliphatic heterocycles. The van der Waals surface area contributed by atoms with Gasteiger partial charge in [-0.2, -0.15) is 0 Å². The number of phenols is 1. The molecule has 12 nitrogen and oxygen atoms in total. The average Bonchev–Trinajstić information content (AvgIpc) is 2.82. The quantitative estimate of drug-likeness (QED) is 0.133. The van der Waals surface area contributed by atoms with Crippen LogP contribution in [-0.2, 0) is 19.6 Å². The number of carbonyl (C=O) groups excluding carboxylic acids is 2. The van der Waals surface area contributed by atoms with Crippen molar-refractivity contribution in [3.63, 3.8) is 0 Å². The largest absolute Gasteiger partial charge is 0.508 e. The molecule has 2 aromatic rings. The lowest BCUT2D eigenvalue weighted by Gasteiger charge is -2.19. The number of carbonyl (C=O) groups is 3. The number of carboxylic acids is 1. The van der Waals surface area contributed by atoms with E-state index >= 15 is 0 Å². The maximum absolute atomic E-state index is 13.0. The second kappa shape index (κ2) is 14.5. The second-order valence-corrected chi connectivity index (χ2v) is 10.4. The van der Waals surface area contributed by atoms with E-state index in [1.165, 1.54) is 24.3 Å². The molecular formula is C23H28ClN5O7S2. The minimum atomic E-state index is -4.18. The summed E-state index contributed by atoms with van der Waals surface area (Å²) < 4.78 is 23.5. The van der Waals surface area contributed by atoms with Crippen LogP contribution in [0.5, 0.6) is 5.75 Å². The molecule has 206 valence electrons. The van der Waals surface area contributed by atoms with Gasteiger partial charge in [0.15, 0.2) is 5.11 Å². The second-order valence-electron chi connectivity index (χ2n) is 8.08. The zero-order chi connectivity index (χ0) is 28.3. The van der Waals surface area contributed by atoms with Crippen LogP contribution < -0.4 is 26.4 Å². The van der Waals surface area contributed by atoms with Gasteiger partial charge in [0.05, 0.1) is 11.4 Å². The summed E-state index contributed by atoms with van der Waals surface area (Å²) in [7, 11) is -4.18. The molecular weight excluding hydrogens is 558 g/mol. The monoisotopic (exact) mass is 585 g/mol. The summed E-state index contributed by atoms with van der Waals surface area (Å²) in [6, 6.07) is 8.42. The van der Waals surface area contributed by atoms with E-state index < -0.39 is 38.7 Å². The molecule has 2 aromatic carbocycles. The Morgan fingerprint density at radius 1 is 1.05 bits per heavy atom. The van der Waals surface area contributed by atoms with Crippen molar-refractivity contribution in [2.24, 2.45) is 5.14 Å². The first kappa shape index (κ1) is 30.8. The Balaban J connectivity index is 2.04. The van der Waals surface area contributed by atoms with Gasteiger partial charge in [0.25, 0.3) is 5.91 Å². The standard InChI is InChI=1S/C23H28ClN5O7S2/c24-17-8-7-14(12-19(17)38(25,35)36)21(33)29-18(22(34)28-15-4-3-5-16(30)13-15)6-1-2-10-26-23(37)27-11-9-20(31)32/h3-5,7-8,12-13,18,30H,1-2,6,9-11H2,(H,28,34)(H,29,33)(H,31,32)(H2,25,35,36)(H2,26,27,37). The summed E-state index contributed by atoms with van der Waals surface area (Å²) in [5, 5.41) is 34.5. The Morgan fingerprint density at radius 3 is 2.42 bits per heavy atom. The molecule has 0 aliphatic rings. The van der Waals surface area contributed by atoms with Crippen molar-refractivity contribution in [2.45, 2.75) is 36.6 Å². The highest BCUT2D eigenvalue weighted by Gasteiger charge is 2.23. The first-order chi connectivity index (χ1) is 17.9. The number of anilines is 1. The number of carboxylic acid groups (broad SMARTS) is 1. The van der Waals surface area contributed by atoms with Gasteiger partial charge in [-0.1, -0.05) is 17.7 Å². The van der Waals surface area contributed by atoms with Crippen molar-refractivity contribution in [1.82, 2.24) is 16.0 Å². The topological polar surface area (TPSA) is 200 Å². The first-order valence-corrected chi connectivity index (χ1v) is 13.7. The third-order valence-electron chi connectivity index (χ3n) is 5.06. The Morgan fingerprint density at radius 2 is 1.76 bits per heavy atom. The van der Waals surface area contributed by atoms with E-state index in [0.29, 0.717) is 30.2 Å². The molecule has 1 unspecified atom stereocenters. The van der Waals surface area contributed by atoms with E-state index in [0.717, 1.165) is 6.07 Å². The number of aliphatic carboxylic acids is 1. The highest BCUT2D eigenvalue weighted by atomic mass is 35.5. The maximum Gasteiger partial charge on any atom is 0.305 e. The van der Waals surface area contributed by atoms with Crippen LogP contribution in [0.25, 0.3) is 0 Å². The summed E-state index contributed by atoms with van der Waals surface area (Å²) in [6.07, 6.45) is 1.17. The molecule has 0 heterocycles. The fraction of sp³-hybridized carbons (Fsp3) is 0.304. The van der Waals surface area contributed by atoms with Gasteiger partial charge in [-0.25, -0.2) is 13.6 Å². The molecule has 1 atom stereocenters. The van der Waals surface area contributed by atoms with Crippen LogP contribution in [0.3, 0.4) is 0 Å². The van der Waals surface area contributed by atoms with Gasteiger partial charge in [-0.3, -0.25) is 14.4 Å². The van der Waals surface area contributed by atoms with Crippen molar-refractivity contribution in [3.8, 4) is 5.75 Å². The summed E-state index contributed by atoms with van der Waals surface area (Å²) in [5.74, 6) is -2.27. The average molecular weight is 586 g/mol. The highest BCUT2D eigenvalue weighted by Crippen LogP contribution is 2.22. The lowest BCUT2D eigenvalue weighted by atomic mass is 10.1. The Labute approximate surface area is 230 Å². The van der Waals surface area contributed by atoms with Gasteiger partial charge < -0.3 is 31.5 Å². The fourth-order valence-corrected chi connectivity index (χ4v) is 4.48. The maximum atomic E-state index is 13.0. The molecule has 0 saturated carbocycles. The van der Waals surface area contributed by atoms with E-state index in [2.05, 4.69) is 21.3 Å². The van der Waals surface area contributed by atoms with Crippen LogP contribution >= 0.6 is 23.8 Å². The lowest BCUT2D eigenvalue weighted by molar-refractivity contribution is -0.136. The molecule has 0 aromatic heterocycles. The summed E-state index contributed by atoms with van der Waals surface area (Å²) in [5.41, 5.74) is 0.254. The first-order valence-electron chi connectivity index (χ1n) is 11.3. The number of nitrogens with one attached hydrogen (secondary N) is 4. The number of thiocarbonyl (C=S) groups is 1. The van der Waals surface area contributed by atoms with Crippen LogP contribution in [0.4, 0.5) is 5.69 Å². The molecule has 0 fully saturated rings. The number of halogens is 1. The zero-order valence-corrected chi connectivity index (χ0v) is 22.5. The van der Waals surface area contributed by atoms with Crippen molar-refractivity contribution >= 4 is 62.4 Å². The van der Waals surface area contributed by atoms with Gasteiger partial charge in [0.1, 0.15) is 16.7 Å². The predicted octanol–water partition coefficient (Wildman–Crippen LogP) is 1.54. The number of sulfonamides is 1. The van der Waals surface area contributed by atoms with Crippen molar-refractivity contribution in [2.75, 3.05) is 18.4 Å². The van der Waals surface area contributed by atoms with Crippen LogP contribution in [-0.4, -0.2) is 60.7 Å². The SMILES string of the molecule is NS(=O)(=O)c1cc(C(=O)NC(CCCCNC(=S)NCCC(=O)O)C(=O)Nc2cccc(O)c2)ccc1Cl. The summed E-state index contributed by atoms with van der Waals surface area (Å²) in [6.45, 7) is 0.616. The normalized spacial score (nSPS) is 11.7. The van der Waals surface area contributed by atoms with Crippen LogP contribution in [0.15, 0.2) is 47.4 Å². The van der Waals surface area contributed by atoms with Crippen molar-refractivity contribution in [3.05, 3.63) is 53.1 Å². The number of hydrogen-bond acceptors (Lipinski definition) is 7. The number of primary sulfonamides is 1. The molecule has 0 radical (unpaired) electrons. The number of benzene rings is 2. The molecule has 38 heavy (non-hydrogen) atoms. The minimum absolute atomic E-state index is 0.0564. The smallest absolute Gasteiger partial charge is 0.305 e.